The molecule has 2 rings (SSSR count). The number of hydrogen-bond donors (Lipinski definition) is 2. The highest BCUT2D eigenvalue weighted by Gasteiger charge is 2.24. The van der Waals surface area contributed by atoms with Gasteiger partial charge in [-0.25, -0.2) is 0 Å². The summed E-state index contributed by atoms with van der Waals surface area (Å²) in [6.07, 6.45) is 0. The number of aromatic nitrogens is 4. The maximum Gasteiger partial charge on any atom is 0.305 e. The van der Waals surface area contributed by atoms with Gasteiger partial charge in [-0.15, -0.1) is 5.10 Å². The SMILES string of the molecule is CNc1cccc(C(=O)Nc2nnn(C)n2)c1[N+](=O)[O-]. The first kappa shape index (κ1) is 13.4. The average molecular weight is 277 g/mol. The van der Waals surface area contributed by atoms with E-state index in [1.54, 1.807) is 0 Å². The van der Waals surface area contributed by atoms with Crippen LogP contribution >= 0.6 is 0 Å². The predicted molar refractivity (Wildman–Crippen MR) is 69.4 cm³/mol. The highest BCUT2D eigenvalue weighted by molar-refractivity contribution is 6.07. The standard InChI is InChI=1S/C10H11N7O3/c1-11-7-5-3-4-6(8(7)17(19)20)9(18)12-10-13-15-16(2)14-10/h3-5,11H,1-2H3,(H,12,14,18). The molecule has 0 aliphatic carbocycles. The minimum Gasteiger partial charge on any atom is -0.383 e. The van der Waals surface area contributed by atoms with Gasteiger partial charge in [-0.2, -0.15) is 4.80 Å². The molecular weight excluding hydrogens is 266 g/mol. The van der Waals surface area contributed by atoms with E-state index in [1.807, 2.05) is 0 Å². The van der Waals surface area contributed by atoms with Gasteiger partial charge >= 0.3 is 5.69 Å². The molecular formula is C10H11N7O3. The molecule has 0 unspecified atom stereocenters. The van der Waals surface area contributed by atoms with Gasteiger partial charge in [0, 0.05) is 7.05 Å². The Kier molecular flexibility index (Phi) is 3.55. The van der Waals surface area contributed by atoms with Gasteiger partial charge in [-0.05, 0) is 17.3 Å². The van der Waals surface area contributed by atoms with Crippen molar-refractivity contribution in [3.8, 4) is 0 Å². The number of aryl methyl sites for hydroxylation is 1. The minimum atomic E-state index is -0.679. The Bertz CT molecular complexity index is 667. The summed E-state index contributed by atoms with van der Waals surface area (Å²) in [5.74, 6) is -0.705. The zero-order valence-electron chi connectivity index (χ0n) is 10.7. The fraction of sp³-hybridized carbons (Fsp3) is 0.200. The Labute approximate surface area is 112 Å². The summed E-state index contributed by atoms with van der Waals surface area (Å²) in [6.45, 7) is 0. The molecule has 2 N–H and O–H groups in total. The van der Waals surface area contributed by atoms with Crippen molar-refractivity contribution in [2.75, 3.05) is 17.7 Å². The minimum absolute atomic E-state index is 0.0262. The van der Waals surface area contributed by atoms with Crippen molar-refractivity contribution in [1.29, 1.82) is 0 Å². The van der Waals surface area contributed by atoms with Crippen LogP contribution in [0.25, 0.3) is 0 Å². The number of para-hydroxylation sites is 1. The summed E-state index contributed by atoms with van der Waals surface area (Å²) in [5.41, 5.74) is -0.152. The van der Waals surface area contributed by atoms with E-state index in [2.05, 4.69) is 26.0 Å². The third kappa shape index (κ3) is 2.53. The highest BCUT2D eigenvalue weighted by Crippen LogP contribution is 2.28. The lowest BCUT2D eigenvalue weighted by atomic mass is 10.1. The quantitative estimate of drug-likeness (QED) is 0.611. The van der Waals surface area contributed by atoms with Crippen molar-refractivity contribution >= 4 is 23.2 Å². The van der Waals surface area contributed by atoms with Crippen molar-refractivity contribution in [2.24, 2.45) is 7.05 Å². The molecule has 0 saturated carbocycles. The lowest BCUT2D eigenvalue weighted by Gasteiger charge is -2.06. The Morgan fingerprint density at radius 3 is 2.75 bits per heavy atom. The Morgan fingerprint density at radius 1 is 1.45 bits per heavy atom. The molecule has 1 amide bonds. The van der Waals surface area contributed by atoms with E-state index in [0.717, 1.165) is 4.80 Å². The zero-order chi connectivity index (χ0) is 14.7. The number of amides is 1. The third-order valence-electron chi connectivity index (χ3n) is 2.47. The van der Waals surface area contributed by atoms with Crippen LogP contribution in [0.4, 0.5) is 17.3 Å². The van der Waals surface area contributed by atoms with Crippen molar-refractivity contribution in [2.45, 2.75) is 0 Å². The van der Waals surface area contributed by atoms with Crippen LogP contribution in [0.15, 0.2) is 18.2 Å². The largest absolute Gasteiger partial charge is 0.383 e. The van der Waals surface area contributed by atoms with Crippen molar-refractivity contribution in [3.63, 3.8) is 0 Å². The molecule has 0 atom stereocenters. The van der Waals surface area contributed by atoms with Gasteiger partial charge < -0.3 is 5.32 Å². The summed E-state index contributed by atoms with van der Waals surface area (Å²) in [7, 11) is 3.07. The number of nitro benzene ring substituents is 1. The van der Waals surface area contributed by atoms with Crippen molar-refractivity contribution in [3.05, 3.63) is 33.9 Å². The summed E-state index contributed by atoms with van der Waals surface area (Å²) in [5, 5.41) is 27.0. The topological polar surface area (TPSA) is 128 Å². The van der Waals surface area contributed by atoms with Crippen LogP contribution in [-0.4, -0.2) is 38.1 Å². The van der Waals surface area contributed by atoms with Crippen LogP contribution < -0.4 is 10.6 Å². The van der Waals surface area contributed by atoms with Crippen molar-refractivity contribution < 1.29 is 9.72 Å². The fourth-order valence-corrected chi connectivity index (χ4v) is 1.63. The van der Waals surface area contributed by atoms with Crippen LogP contribution in [0.2, 0.25) is 0 Å². The van der Waals surface area contributed by atoms with Crippen LogP contribution in [-0.2, 0) is 7.05 Å². The second-order valence-electron chi connectivity index (χ2n) is 3.77. The Balaban J connectivity index is 2.36. The average Bonchev–Trinajstić information content (AvgIpc) is 2.82. The third-order valence-corrected chi connectivity index (χ3v) is 2.47. The number of hydrogen-bond acceptors (Lipinski definition) is 7. The van der Waals surface area contributed by atoms with E-state index in [-0.39, 0.29) is 22.9 Å². The number of carbonyl (C=O) groups excluding carboxylic acids is 1. The van der Waals surface area contributed by atoms with Gasteiger partial charge in [0.15, 0.2) is 0 Å². The second kappa shape index (κ2) is 5.30. The fourth-order valence-electron chi connectivity index (χ4n) is 1.63. The van der Waals surface area contributed by atoms with Gasteiger partial charge in [0.05, 0.1) is 12.0 Å². The Morgan fingerprint density at radius 2 is 2.20 bits per heavy atom. The van der Waals surface area contributed by atoms with E-state index in [0.29, 0.717) is 0 Å². The van der Waals surface area contributed by atoms with E-state index in [9.17, 15) is 14.9 Å². The van der Waals surface area contributed by atoms with Crippen LogP contribution in [0, 0.1) is 10.1 Å². The molecule has 10 nitrogen and oxygen atoms in total. The summed E-state index contributed by atoms with van der Waals surface area (Å²) >= 11 is 0. The monoisotopic (exact) mass is 277 g/mol. The molecule has 0 bridgehead atoms. The molecule has 104 valence electrons. The molecule has 0 saturated heterocycles. The Hall–Kier alpha value is -3.04. The highest BCUT2D eigenvalue weighted by atomic mass is 16.6. The van der Waals surface area contributed by atoms with Crippen LogP contribution in [0.1, 0.15) is 10.4 Å². The van der Waals surface area contributed by atoms with Crippen LogP contribution in [0.5, 0.6) is 0 Å². The molecule has 0 radical (unpaired) electrons. The molecule has 10 heteroatoms. The van der Waals surface area contributed by atoms with E-state index < -0.39 is 10.8 Å². The summed E-state index contributed by atoms with van der Waals surface area (Å²) in [6, 6.07) is 4.40. The number of tetrazole rings is 1. The molecule has 0 fully saturated rings. The number of anilines is 2. The number of nitro groups is 1. The van der Waals surface area contributed by atoms with Gasteiger partial charge in [-0.3, -0.25) is 20.2 Å². The number of carbonyl (C=O) groups is 1. The maximum atomic E-state index is 12.1. The van der Waals surface area contributed by atoms with Gasteiger partial charge in [0.25, 0.3) is 11.9 Å². The second-order valence-corrected chi connectivity index (χ2v) is 3.77. The molecule has 2 aromatic rings. The molecule has 1 aromatic carbocycles. The number of benzene rings is 1. The number of nitrogens with zero attached hydrogens (tertiary/aromatic N) is 5. The number of nitrogens with one attached hydrogen (secondary N) is 2. The lowest BCUT2D eigenvalue weighted by molar-refractivity contribution is -0.384. The maximum absolute atomic E-state index is 12.1. The smallest absolute Gasteiger partial charge is 0.305 e. The molecule has 0 aliphatic rings. The molecule has 0 aliphatic heterocycles. The predicted octanol–water partition coefficient (Wildman–Crippen LogP) is 0.412. The van der Waals surface area contributed by atoms with Crippen LogP contribution in [0.3, 0.4) is 0 Å². The molecule has 0 spiro atoms. The van der Waals surface area contributed by atoms with E-state index in [4.69, 9.17) is 0 Å². The summed E-state index contributed by atoms with van der Waals surface area (Å²) < 4.78 is 0. The molecule has 1 aromatic heterocycles. The van der Waals surface area contributed by atoms with E-state index in [1.165, 1.54) is 32.3 Å². The van der Waals surface area contributed by atoms with Gasteiger partial charge in [0.2, 0.25) is 0 Å². The first-order valence-electron chi connectivity index (χ1n) is 5.53. The normalized spacial score (nSPS) is 10.1. The molecule has 1 heterocycles. The first-order valence-corrected chi connectivity index (χ1v) is 5.53. The first-order chi connectivity index (χ1) is 9.52. The summed E-state index contributed by atoms with van der Waals surface area (Å²) in [4.78, 5) is 23.7. The lowest BCUT2D eigenvalue weighted by Crippen LogP contribution is -2.16. The zero-order valence-corrected chi connectivity index (χ0v) is 10.7. The van der Waals surface area contributed by atoms with Gasteiger partial charge in [0.1, 0.15) is 11.3 Å². The van der Waals surface area contributed by atoms with E-state index >= 15 is 0 Å². The molecule has 20 heavy (non-hydrogen) atoms. The number of rotatable bonds is 4. The van der Waals surface area contributed by atoms with Crippen molar-refractivity contribution in [1.82, 2.24) is 20.2 Å². The van der Waals surface area contributed by atoms with Gasteiger partial charge in [-0.1, -0.05) is 11.2 Å².